The van der Waals surface area contributed by atoms with E-state index >= 15 is 0 Å². The smallest absolute Gasteiger partial charge is 0.359 e. The first-order valence-electron chi connectivity index (χ1n) is 13.5. The fourth-order valence-electron chi connectivity index (χ4n) is 4.88. The van der Waals surface area contributed by atoms with Crippen molar-refractivity contribution in [1.29, 1.82) is 0 Å². The van der Waals surface area contributed by atoms with E-state index in [0.717, 1.165) is 83.1 Å². The summed E-state index contributed by atoms with van der Waals surface area (Å²) in [5.41, 5.74) is 4.82. The van der Waals surface area contributed by atoms with Crippen LogP contribution in [0.5, 0.6) is 5.75 Å². The van der Waals surface area contributed by atoms with E-state index in [0.29, 0.717) is 19.4 Å². The molecule has 1 aliphatic heterocycles. The number of ether oxygens (including phenoxy) is 1. The molecule has 6 nitrogen and oxygen atoms in total. The summed E-state index contributed by atoms with van der Waals surface area (Å²) in [5, 5.41) is 3.49. The molecule has 0 saturated carbocycles. The van der Waals surface area contributed by atoms with Gasteiger partial charge < -0.3 is 9.29 Å². The van der Waals surface area contributed by atoms with Gasteiger partial charge in [0.05, 0.1) is 6.61 Å². The van der Waals surface area contributed by atoms with Gasteiger partial charge in [-0.2, -0.15) is 4.57 Å². The molecule has 0 radical (unpaired) electrons. The lowest BCUT2D eigenvalue weighted by Gasteiger charge is -2.09. The highest BCUT2D eigenvalue weighted by Gasteiger charge is 2.41. The van der Waals surface area contributed by atoms with E-state index in [1.807, 2.05) is 79.0 Å². The fraction of sp³-hybridized carbons (Fsp3) is 0.281. The molecule has 200 valence electrons. The number of nitrogens with one attached hydrogen (secondary N) is 1. The number of benzene rings is 3. The summed E-state index contributed by atoms with van der Waals surface area (Å²) in [5.74, 6) is 2.40. The molecule has 0 fully saturated rings. The van der Waals surface area contributed by atoms with Crippen molar-refractivity contribution >= 4 is 23.8 Å². The van der Waals surface area contributed by atoms with E-state index in [2.05, 4.69) is 17.4 Å². The van der Waals surface area contributed by atoms with E-state index in [1.54, 1.807) is 4.57 Å². The molecule has 3 aromatic carbocycles. The van der Waals surface area contributed by atoms with Crippen molar-refractivity contribution in [2.24, 2.45) is 0 Å². The molecule has 2 N–H and O–H groups in total. The van der Waals surface area contributed by atoms with Crippen LogP contribution in [0.3, 0.4) is 0 Å². The van der Waals surface area contributed by atoms with Crippen molar-refractivity contribution in [1.82, 2.24) is 4.98 Å². The molecule has 5 rings (SSSR count). The lowest BCUT2D eigenvalue weighted by molar-refractivity contribution is -0.552. The van der Waals surface area contributed by atoms with E-state index in [9.17, 15) is 4.79 Å². The monoisotopic (exact) mass is 540 g/mol. The van der Waals surface area contributed by atoms with Crippen LogP contribution in [-0.2, 0) is 12.8 Å². The summed E-state index contributed by atoms with van der Waals surface area (Å²) in [6.45, 7) is 0.661. The van der Waals surface area contributed by atoms with Crippen LogP contribution in [0.15, 0.2) is 91.1 Å². The second-order valence-corrected chi connectivity index (χ2v) is 10.5. The first-order chi connectivity index (χ1) is 19.2. The highest BCUT2D eigenvalue weighted by Crippen LogP contribution is 2.25. The predicted molar refractivity (Wildman–Crippen MR) is 156 cm³/mol. The maximum Gasteiger partial charge on any atom is 0.359 e. The van der Waals surface area contributed by atoms with Gasteiger partial charge in [-0.05, 0) is 48.1 Å². The maximum absolute atomic E-state index is 13.6. The lowest BCUT2D eigenvalue weighted by Crippen LogP contribution is -2.44. The standard InChI is InChI=1S/C32H33N3O3S/c36-32-29(22-25-14-11-17-27(20-25)38-18-9-1-2-10-19-39-37)34-31-28(21-24-12-5-3-6-13-24)33-30(23-35(31)32)26-15-7-4-8-16-26/h3-8,11-17,20,23,29,37H,1-2,9-10,18-19,21-22H2/p+1. The highest BCUT2D eigenvalue weighted by molar-refractivity contribution is 7.93. The normalized spacial score (nSPS) is 14.2. The Morgan fingerprint density at radius 3 is 2.44 bits per heavy atom. The lowest BCUT2D eigenvalue weighted by atomic mass is 10.1. The second kappa shape index (κ2) is 13.4. The zero-order valence-corrected chi connectivity index (χ0v) is 22.8. The minimum absolute atomic E-state index is 0.0197. The van der Waals surface area contributed by atoms with Crippen molar-refractivity contribution in [3.63, 3.8) is 0 Å². The van der Waals surface area contributed by atoms with Gasteiger partial charge in [-0.25, -0.2) is 9.78 Å². The largest absolute Gasteiger partial charge is 0.494 e. The molecule has 0 saturated heterocycles. The van der Waals surface area contributed by atoms with Gasteiger partial charge in [0, 0.05) is 24.2 Å². The Bertz CT molecular complexity index is 1380. The molecule has 0 bridgehead atoms. The Hall–Kier alpha value is -3.68. The van der Waals surface area contributed by atoms with Crippen LogP contribution in [-0.4, -0.2) is 33.8 Å². The molecule has 0 amide bonds. The van der Waals surface area contributed by atoms with Gasteiger partial charge in [-0.15, -0.1) is 0 Å². The van der Waals surface area contributed by atoms with E-state index in [4.69, 9.17) is 14.3 Å². The van der Waals surface area contributed by atoms with Crippen LogP contribution >= 0.6 is 12.0 Å². The maximum atomic E-state index is 13.6. The van der Waals surface area contributed by atoms with Gasteiger partial charge >= 0.3 is 11.7 Å². The average Bonchev–Trinajstić information content (AvgIpc) is 3.29. The third kappa shape index (κ3) is 7.05. The summed E-state index contributed by atoms with van der Waals surface area (Å²) in [4.78, 5) is 18.6. The van der Waals surface area contributed by atoms with Crippen LogP contribution in [0.2, 0.25) is 0 Å². The fourth-order valence-corrected chi connectivity index (χ4v) is 5.22. The summed E-state index contributed by atoms with van der Waals surface area (Å²) >= 11 is 0.908. The molecule has 2 heterocycles. The van der Waals surface area contributed by atoms with Crippen LogP contribution in [0.25, 0.3) is 11.3 Å². The van der Waals surface area contributed by atoms with Crippen LogP contribution in [0.1, 0.15) is 47.3 Å². The third-order valence-electron chi connectivity index (χ3n) is 6.89. The van der Waals surface area contributed by atoms with Crippen molar-refractivity contribution < 1.29 is 18.7 Å². The van der Waals surface area contributed by atoms with Gasteiger partial charge in [0.25, 0.3) is 0 Å². The average molecular weight is 541 g/mol. The van der Waals surface area contributed by atoms with Crippen LogP contribution in [0.4, 0.5) is 5.82 Å². The van der Waals surface area contributed by atoms with E-state index in [-0.39, 0.29) is 11.9 Å². The van der Waals surface area contributed by atoms with Gasteiger partial charge in [-0.1, -0.05) is 85.6 Å². The molecular weight excluding hydrogens is 506 g/mol. The quantitative estimate of drug-likeness (QED) is 0.115. The number of hydrogen-bond acceptors (Lipinski definition) is 6. The molecule has 1 atom stereocenters. The Labute approximate surface area is 234 Å². The predicted octanol–water partition coefficient (Wildman–Crippen LogP) is 6.45. The number of nitrogens with zero attached hydrogens (tertiary/aromatic N) is 2. The summed E-state index contributed by atoms with van der Waals surface area (Å²) < 4.78 is 16.5. The Kier molecular flexibility index (Phi) is 9.25. The number of anilines is 1. The SMILES string of the molecule is O=C1C(Cc2cccc(OCCCCCCSO)c2)Nc2c(Cc3ccccc3)nc(-c3ccccc3)c[n+]21. The van der Waals surface area contributed by atoms with Crippen molar-refractivity contribution in [3.05, 3.63) is 108 Å². The Morgan fingerprint density at radius 2 is 1.64 bits per heavy atom. The van der Waals surface area contributed by atoms with Gasteiger partial charge in [0.2, 0.25) is 0 Å². The van der Waals surface area contributed by atoms with E-state index < -0.39 is 0 Å². The van der Waals surface area contributed by atoms with Gasteiger partial charge in [-0.3, -0.25) is 5.32 Å². The van der Waals surface area contributed by atoms with Crippen molar-refractivity contribution in [2.75, 3.05) is 17.7 Å². The number of fused-ring (bicyclic) bond motifs is 1. The van der Waals surface area contributed by atoms with Crippen molar-refractivity contribution in [2.45, 2.75) is 44.6 Å². The van der Waals surface area contributed by atoms with Crippen molar-refractivity contribution in [3.8, 4) is 17.0 Å². The summed E-state index contributed by atoms with van der Waals surface area (Å²) in [7, 11) is 0. The number of unbranched alkanes of at least 4 members (excludes halogenated alkanes) is 3. The molecule has 4 aromatic rings. The molecule has 1 aliphatic rings. The molecule has 0 aliphatic carbocycles. The summed E-state index contributed by atoms with van der Waals surface area (Å²) in [6.07, 6.45) is 7.23. The molecule has 7 heteroatoms. The zero-order chi connectivity index (χ0) is 26.9. The number of carbonyl (C=O) groups excluding carboxylic acids is 1. The minimum atomic E-state index is -0.382. The number of aromatic nitrogens is 2. The summed E-state index contributed by atoms with van der Waals surface area (Å²) in [6, 6.07) is 27.9. The second-order valence-electron chi connectivity index (χ2n) is 9.80. The molecule has 0 spiro atoms. The molecule has 1 aromatic heterocycles. The van der Waals surface area contributed by atoms with Gasteiger partial charge in [0.1, 0.15) is 23.3 Å². The molecular formula is C32H34N3O3S+. The number of rotatable bonds is 13. The van der Waals surface area contributed by atoms with Crippen LogP contribution < -0.4 is 14.6 Å². The minimum Gasteiger partial charge on any atom is -0.494 e. The Balaban J connectivity index is 1.30. The molecule has 39 heavy (non-hydrogen) atoms. The van der Waals surface area contributed by atoms with Crippen LogP contribution in [0, 0.1) is 0 Å². The number of hydrogen-bond donors (Lipinski definition) is 2. The highest BCUT2D eigenvalue weighted by atomic mass is 32.2. The first-order valence-corrected chi connectivity index (χ1v) is 14.5. The number of carbonyl (C=O) groups is 1. The zero-order valence-electron chi connectivity index (χ0n) is 22.0. The topological polar surface area (TPSA) is 75.3 Å². The molecule has 1 unspecified atom stereocenters. The van der Waals surface area contributed by atoms with Gasteiger partial charge in [0.15, 0.2) is 6.04 Å². The Morgan fingerprint density at radius 1 is 0.897 bits per heavy atom. The third-order valence-corrected chi connectivity index (χ3v) is 7.36. The first kappa shape index (κ1) is 26.9. The van der Waals surface area contributed by atoms with E-state index in [1.165, 1.54) is 0 Å².